The summed E-state index contributed by atoms with van der Waals surface area (Å²) in [5.74, 6) is -3.81. The van der Waals surface area contributed by atoms with Crippen LogP contribution in [0.25, 0.3) is 0 Å². The van der Waals surface area contributed by atoms with Gasteiger partial charge in [0.25, 0.3) is 0 Å². The summed E-state index contributed by atoms with van der Waals surface area (Å²) >= 11 is 0. The maximum absolute atomic E-state index is 14.6. The number of carbonyl (C=O) groups is 2. The second-order valence-corrected chi connectivity index (χ2v) is 20.1. The highest BCUT2D eigenvalue weighted by molar-refractivity contribution is 5.91. The number of rotatable bonds is 6. The zero-order chi connectivity index (χ0) is 41.8. The Bertz CT molecular complexity index is 1770. The van der Waals surface area contributed by atoms with Gasteiger partial charge in [0.15, 0.2) is 17.2 Å². The first-order valence-electron chi connectivity index (χ1n) is 20.5. The molecule has 1 saturated heterocycles. The smallest absolute Gasteiger partial charge is 0.338 e. The molecule has 0 radical (unpaired) electrons. The average molecular weight is 803 g/mol. The fraction of sp³-hybridized carbons (Fsp3) is 0.767. The van der Waals surface area contributed by atoms with Gasteiger partial charge in [-0.3, -0.25) is 4.79 Å². The lowest BCUT2D eigenvalue weighted by atomic mass is 9.33. The van der Waals surface area contributed by atoms with Gasteiger partial charge in [-0.15, -0.1) is 0 Å². The van der Waals surface area contributed by atoms with Gasteiger partial charge in [0, 0.05) is 5.41 Å². The molecule has 15 atom stereocenters. The summed E-state index contributed by atoms with van der Waals surface area (Å²) in [6.07, 6.45) is -2.04. The predicted octanol–water partition coefficient (Wildman–Crippen LogP) is 3.42. The molecule has 14 heteroatoms. The maximum Gasteiger partial charge on any atom is 0.338 e. The van der Waals surface area contributed by atoms with Crippen LogP contribution in [0.1, 0.15) is 110 Å². The van der Waals surface area contributed by atoms with E-state index in [1.807, 2.05) is 6.92 Å². The Morgan fingerprint density at radius 3 is 2.12 bits per heavy atom. The lowest BCUT2D eigenvalue weighted by molar-refractivity contribution is -0.297. The predicted molar refractivity (Wildman–Crippen MR) is 202 cm³/mol. The molecular weight excluding hydrogens is 740 g/mol. The number of allylic oxidation sites excluding steroid dienone is 2. The molecule has 14 nitrogen and oxygen atoms in total. The van der Waals surface area contributed by atoms with Gasteiger partial charge in [-0.2, -0.15) is 0 Å². The molecule has 0 aromatic heterocycles. The zero-order valence-electron chi connectivity index (χ0n) is 33.8. The number of hydrogen-bond donors (Lipinski definition) is 9. The van der Waals surface area contributed by atoms with Crippen LogP contribution in [0.5, 0.6) is 17.2 Å². The van der Waals surface area contributed by atoms with Gasteiger partial charge in [0.05, 0.1) is 36.4 Å². The Morgan fingerprint density at radius 2 is 1.47 bits per heavy atom. The number of phenolic OH excluding ortho intramolecular Hbond substituents is 3. The van der Waals surface area contributed by atoms with Gasteiger partial charge in [-0.05, 0) is 109 Å². The number of esters is 2. The van der Waals surface area contributed by atoms with Crippen molar-refractivity contribution in [1.29, 1.82) is 0 Å². The number of hydrogen-bond acceptors (Lipinski definition) is 14. The molecule has 4 saturated carbocycles. The molecule has 1 aromatic rings. The van der Waals surface area contributed by atoms with Crippen LogP contribution in [0.2, 0.25) is 0 Å². The number of ether oxygens (including phenoxy) is 3. The van der Waals surface area contributed by atoms with Crippen LogP contribution in [-0.2, 0) is 19.0 Å². The minimum absolute atomic E-state index is 0.0471. The molecule has 6 aliphatic rings. The molecule has 5 aliphatic carbocycles. The molecule has 5 fully saturated rings. The molecule has 0 spiro atoms. The van der Waals surface area contributed by atoms with E-state index in [-0.39, 0.29) is 46.2 Å². The number of fused-ring (bicyclic) bond motifs is 7. The summed E-state index contributed by atoms with van der Waals surface area (Å²) in [4.78, 5) is 27.8. The van der Waals surface area contributed by atoms with E-state index in [9.17, 15) is 55.5 Å². The van der Waals surface area contributed by atoms with E-state index in [1.165, 1.54) is 5.57 Å². The van der Waals surface area contributed by atoms with Gasteiger partial charge in [0.2, 0.25) is 6.29 Å². The fourth-order valence-electron chi connectivity index (χ4n) is 13.2. The van der Waals surface area contributed by atoms with Crippen LogP contribution in [0.15, 0.2) is 23.8 Å². The van der Waals surface area contributed by atoms with Gasteiger partial charge < -0.3 is 60.2 Å². The number of phenols is 3. The molecule has 1 aliphatic heterocycles. The molecule has 7 rings (SSSR count). The molecule has 1 heterocycles. The van der Waals surface area contributed by atoms with Crippen LogP contribution >= 0.6 is 0 Å². The maximum atomic E-state index is 14.6. The van der Waals surface area contributed by atoms with Crippen LogP contribution in [-0.4, -0.2) is 114 Å². The topological polar surface area (TPSA) is 244 Å². The first-order valence-corrected chi connectivity index (χ1v) is 20.5. The molecule has 1 aromatic carbocycles. The summed E-state index contributed by atoms with van der Waals surface area (Å²) in [7, 11) is 0. The van der Waals surface area contributed by atoms with E-state index in [0.29, 0.717) is 38.5 Å². The average Bonchev–Trinajstić information content (AvgIpc) is 3.15. The van der Waals surface area contributed by atoms with Gasteiger partial charge in [-0.1, -0.05) is 53.2 Å². The van der Waals surface area contributed by atoms with E-state index in [4.69, 9.17) is 14.2 Å². The van der Waals surface area contributed by atoms with E-state index in [2.05, 4.69) is 40.7 Å². The highest BCUT2D eigenvalue weighted by Gasteiger charge is 2.71. The van der Waals surface area contributed by atoms with Crippen molar-refractivity contribution >= 4 is 11.9 Å². The van der Waals surface area contributed by atoms with E-state index < -0.39 is 95.0 Å². The molecular formula is C43H62O14. The SMILES string of the molecule is CC1(C)CC[C@]2(C(=O)O[C@@H]3O[C@H](CO)[C@@H](O)[C@H](O)[C@H]3O)CC[C@]3(C)C(=CC[C@@H]4[C@@]5(C)C[C@@H](O)[C@H](O)[C@@](C)(COC(=O)c6cc(O)c(O)c(O)c6)[C@@H]5CC[C@]43C)[C@H]2C1. The molecule has 0 unspecified atom stereocenters. The molecule has 0 amide bonds. The summed E-state index contributed by atoms with van der Waals surface area (Å²) in [6, 6.07) is 1.99. The Balaban J connectivity index is 1.19. The van der Waals surface area contributed by atoms with Crippen molar-refractivity contribution in [2.45, 2.75) is 142 Å². The summed E-state index contributed by atoms with van der Waals surface area (Å²) in [6.45, 7) is 12.2. The number of aliphatic hydroxyl groups excluding tert-OH is 6. The summed E-state index contributed by atoms with van der Waals surface area (Å²) in [5, 5.41) is 94.2. The largest absolute Gasteiger partial charge is 0.504 e. The van der Waals surface area contributed by atoms with E-state index in [1.54, 1.807) is 0 Å². The van der Waals surface area contributed by atoms with Gasteiger partial charge in [0.1, 0.15) is 24.4 Å². The highest BCUT2D eigenvalue weighted by atomic mass is 16.7. The second-order valence-electron chi connectivity index (χ2n) is 20.1. The Labute approximate surface area is 333 Å². The minimum Gasteiger partial charge on any atom is -0.504 e. The number of aliphatic hydroxyl groups is 6. The van der Waals surface area contributed by atoms with Crippen molar-refractivity contribution in [3.8, 4) is 17.2 Å². The van der Waals surface area contributed by atoms with Crippen LogP contribution in [0.3, 0.4) is 0 Å². The van der Waals surface area contributed by atoms with Crippen molar-refractivity contribution in [3.05, 3.63) is 29.3 Å². The van der Waals surface area contributed by atoms with E-state index in [0.717, 1.165) is 31.4 Å². The number of benzene rings is 1. The van der Waals surface area contributed by atoms with Crippen LogP contribution in [0.4, 0.5) is 0 Å². The quantitative estimate of drug-likeness (QED) is 0.114. The third-order valence-corrected chi connectivity index (χ3v) is 16.7. The van der Waals surface area contributed by atoms with Gasteiger partial charge >= 0.3 is 11.9 Å². The standard InChI is InChI=1S/C43H62O14/c1-38(2)11-13-43(37(54)57-36-33(51)32(50)31(49)27(19-44)56-36)14-12-41(5)22(23(43)17-38)7-8-29-39(3)18-26(47)34(52)40(4,28(39)9-10-42(29,41)6)20-55-35(53)21-15-24(45)30(48)25(46)16-21/h7,15-16,23,26-29,31-34,36,44-52H,8-14,17-20H2,1-6H3/t23-,26-,27-,28-,29-,31-,32+,33-,34+,36+,39+,40+,41-,42-,43+/m1/s1. The molecule has 9 N–H and O–H groups in total. The van der Waals surface area contributed by atoms with Crippen molar-refractivity contribution in [2.24, 2.45) is 50.2 Å². The van der Waals surface area contributed by atoms with Crippen molar-refractivity contribution in [1.82, 2.24) is 0 Å². The molecule has 318 valence electrons. The molecule has 0 bridgehead atoms. The van der Waals surface area contributed by atoms with Gasteiger partial charge in [-0.25, -0.2) is 4.79 Å². The lowest BCUT2D eigenvalue weighted by Gasteiger charge is -2.71. The molecule has 57 heavy (non-hydrogen) atoms. The first kappa shape index (κ1) is 42.2. The van der Waals surface area contributed by atoms with Crippen LogP contribution in [0, 0.1) is 50.2 Å². The monoisotopic (exact) mass is 802 g/mol. The Kier molecular flexibility index (Phi) is 10.4. The summed E-state index contributed by atoms with van der Waals surface area (Å²) < 4.78 is 17.3. The number of carbonyl (C=O) groups excluding carboxylic acids is 2. The zero-order valence-corrected chi connectivity index (χ0v) is 33.8. The Morgan fingerprint density at radius 1 is 0.825 bits per heavy atom. The lowest BCUT2D eigenvalue weighted by Crippen LogP contribution is -2.68. The van der Waals surface area contributed by atoms with Crippen molar-refractivity contribution in [3.63, 3.8) is 0 Å². The second kappa shape index (κ2) is 14.1. The minimum atomic E-state index is -1.70. The summed E-state index contributed by atoms with van der Waals surface area (Å²) in [5.41, 5.74) is -2.19. The normalized spacial score (nSPS) is 46.3. The third-order valence-electron chi connectivity index (χ3n) is 16.7. The van der Waals surface area contributed by atoms with Crippen LogP contribution < -0.4 is 0 Å². The van der Waals surface area contributed by atoms with E-state index >= 15 is 0 Å². The first-order chi connectivity index (χ1) is 26.5. The third kappa shape index (κ3) is 6.21. The van der Waals surface area contributed by atoms with Crippen molar-refractivity contribution in [2.75, 3.05) is 13.2 Å². The van der Waals surface area contributed by atoms with Crippen molar-refractivity contribution < 1.29 is 69.8 Å². The highest BCUT2D eigenvalue weighted by Crippen LogP contribution is 2.76. The number of aromatic hydroxyl groups is 3. The Hall–Kier alpha value is -2.98. The fourth-order valence-corrected chi connectivity index (χ4v) is 13.2.